The molecule has 1 aliphatic heterocycles. The molecule has 0 amide bonds. The highest BCUT2D eigenvalue weighted by Crippen LogP contribution is 2.21. The Labute approximate surface area is 135 Å². The molecule has 0 radical (unpaired) electrons. The molecule has 1 aromatic carbocycles. The van der Waals surface area contributed by atoms with Crippen LogP contribution in [0, 0.1) is 0 Å². The van der Waals surface area contributed by atoms with Crippen LogP contribution >= 0.6 is 11.6 Å². The molecule has 1 saturated heterocycles. The molecule has 1 aromatic heterocycles. The van der Waals surface area contributed by atoms with Gasteiger partial charge in [0, 0.05) is 25.2 Å². The summed E-state index contributed by atoms with van der Waals surface area (Å²) >= 11 is 6.24. The lowest BCUT2D eigenvalue weighted by Gasteiger charge is -2.19. The number of hydrogen-bond acceptors (Lipinski definition) is 3. The number of rotatable bonds is 5. The van der Waals surface area contributed by atoms with Crippen molar-refractivity contribution in [2.24, 2.45) is 5.73 Å². The van der Waals surface area contributed by atoms with E-state index in [1.807, 2.05) is 16.7 Å². The molecule has 5 heteroatoms. The second-order valence-corrected chi connectivity index (χ2v) is 6.29. The SMILES string of the molecule is NCCc1cc2cccc(Cl)c2c(=O)n1CCN1CCCC1. The van der Waals surface area contributed by atoms with Gasteiger partial charge in [0.25, 0.3) is 5.56 Å². The van der Waals surface area contributed by atoms with Crippen LogP contribution in [-0.4, -0.2) is 35.6 Å². The first-order valence-corrected chi connectivity index (χ1v) is 8.32. The second-order valence-electron chi connectivity index (χ2n) is 5.88. The van der Waals surface area contributed by atoms with Crippen LogP contribution in [0.3, 0.4) is 0 Å². The van der Waals surface area contributed by atoms with E-state index in [0.29, 0.717) is 29.9 Å². The zero-order chi connectivity index (χ0) is 15.5. The highest BCUT2D eigenvalue weighted by Gasteiger charge is 2.15. The van der Waals surface area contributed by atoms with Crippen LogP contribution in [0.15, 0.2) is 29.1 Å². The average molecular weight is 320 g/mol. The van der Waals surface area contributed by atoms with Gasteiger partial charge in [-0.25, -0.2) is 0 Å². The number of pyridine rings is 1. The molecular formula is C17H22ClN3O. The second kappa shape index (κ2) is 6.82. The van der Waals surface area contributed by atoms with Gasteiger partial charge in [-0.3, -0.25) is 4.79 Å². The van der Waals surface area contributed by atoms with E-state index >= 15 is 0 Å². The molecule has 1 aliphatic rings. The van der Waals surface area contributed by atoms with Crippen molar-refractivity contribution in [3.63, 3.8) is 0 Å². The van der Waals surface area contributed by atoms with Crippen LogP contribution in [-0.2, 0) is 13.0 Å². The highest BCUT2D eigenvalue weighted by atomic mass is 35.5. The monoisotopic (exact) mass is 319 g/mol. The first-order chi connectivity index (χ1) is 10.7. The minimum Gasteiger partial charge on any atom is -0.330 e. The number of fused-ring (bicyclic) bond motifs is 1. The van der Waals surface area contributed by atoms with Gasteiger partial charge in [-0.05, 0) is 50.0 Å². The molecule has 22 heavy (non-hydrogen) atoms. The maximum Gasteiger partial charge on any atom is 0.260 e. The van der Waals surface area contributed by atoms with Crippen molar-refractivity contribution in [1.29, 1.82) is 0 Å². The van der Waals surface area contributed by atoms with Gasteiger partial charge in [0.05, 0.1) is 10.4 Å². The highest BCUT2D eigenvalue weighted by molar-refractivity contribution is 6.35. The summed E-state index contributed by atoms with van der Waals surface area (Å²) in [4.78, 5) is 15.3. The largest absolute Gasteiger partial charge is 0.330 e. The summed E-state index contributed by atoms with van der Waals surface area (Å²) in [6.07, 6.45) is 3.22. The predicted octanol–water partition coefficient (Wildman–Crippen LogP) is 2.25. The van der Waals surface area contributed by atoms with E-state index in [2.05, 4.69) is 11.0 Å². The van der Waals surface area contributed by atoms with Crippen molar-refractivity contribution < 1.29 is 0 Å². The predicted molar refractivity (Wildman–Crippen MR) is 91.7 cm³/mol. The zero-order valence-electron chi connectivity index (χ0n) is 12.7. The molecule has 1 fully saturated rings. The molecule has 0 aliphatic carbocycles. The molecule has 0 unspecified atom stereocenters. The van der Waals surface area contributed by atoms with Crippen LogP contribution in [0.5, 0.6) is 0 Å². The third-order valence-electron chi connectivity index (χ3n) is 4.41. The third-order valence-corrected chi connectivity index (χ3v) is 4.73. The smallest absolute Gasteiger partial charge is 0.260 e. The molecule has 4 nitrogen and oxygen atoms in total. The lowest BCUT2D eigenvalue weighted by atomic mass is 10.1. The fraction of sp³-hybridized carbons (Fsp3) is 0.471. The van der Waals surface area contributed by atoms with E-state index in [1.54, 1.807) is 6.07 Å². The molecule has 0 bridgehead atoms. The Morgan fingerprint density at radius 2 is 1.95 bits per heavy atom. The normalized spacial score (nSPS) is 15.7. The van der Waals surface area contributed by atoms with Crippen LogP contribution in [0.25, 0.3) is 10.8 Å². The fourth-order valence-electron chi connectivity index (χ4n) is 3.26. The summed E-state index contributed by atoms with van der Waals surface area (Å²) in [5, 5.41) is 2.04. The lowest BCUT2D eigenvalue weighted by Crippen LogP contribution is -2.31. The van der Waals surface area contributed by atoms with E-state index in [-0.39, 0.29) is 5.56 Å². The van der Waals surface area contributed by atoms with Gasteiger partial charge in [-0.1, -0.05) is 23.7 Å². The number of halogens is 1. The first kappa shape index (κ1) is 15.5. The van der Waals surface area contributed by atoms with Gasteiger partial charge in [0.1, 0.15) is 0 Å². The van der Waals surface area contributed by atoms with E-state index in [1.165, 1.54) is 12.8 Å². The number of aromatic nitrogens is 1. The van der Waals surface area contributed by atoms with Crippen LogP contribution in [0.1, 0.15) is 18.5 Å². The van der Waals surface area contributed by atoms with Crippen molar-refractivity contribution in [2.75, 3.05) is 26.2 Å². The summed E-state index contributed by atoms with van der Waals surface area (Å²) in [6, 6.07) is 7.65. The van der Waals surface area contributed by atoms with Crippen molar-refractivity contribution in [3.8, 4) is 0 Å². The molecule has 118 valence electrons. The van der Waals surface area contributed by atoms with Crippen molar-refractivity contribution in [2.45, 2.75) is 25.8 Å². The summed E-state index contributed by atoms with van der Waals surface area (Å²) < 4.78 is 1.86. The topological polar surface area (TPSA) is 51.3 Å². The number of hydrogen-bond donors (Lipinski definition) is 1. The Morgan fingerprint density at radius 3 is 2.68 bits per heavy atom. The van der Waals surface area contributed by atoms with E-state index in [9.17, 15) is 4.79 Å². The van der Waals surface area contributed by atoms with Gasteiger partial charge in [0.2, 0.25) is 0 Å². The van der Waals surface area contributed by atoms with E-state index in [0.717, 1.165) is 30.7 Å². The minimum absolute atomic E-state index is 0.00532. The number of nitrogens with two attached hydrogens (primary N) is 1. The summed E-state index contributed by atoms with van der Waals surface area (Å²) in [7, 11) is 0. The minimum atomic E-state index is 0.00532. The molecule has 3 rings (SSSR count). The number of benzene rings is 1. The maximum absolute atomic E-state index is 12.9. The summed E-state index contributed by atoms with van der Waals surface area (Å²) in [5.41, 5.74) is 6.73. The van der Waals surface area contributed by atoms with Crippen molar-refractivity contribution in [3.05, 3.63) is 45.3 Å². The molecule has 2 N–H and O–H groups in total. The van der Waals surface area contributed by atoms with Crippen LogP contribution in [0.2, 0.25) is 5.02 Å². The quantitative estimate of drug-likeness (QED) is 0.919. The van der Waals surface area contributed by atoms with Gasteiger partial charge < -0.3 is 15.2 Å². The summed E-state index contributed by atoms with van der Waals surface area (Å²) in [6.45, 7) is 4.42. The Bertz CT molecular complexity index is 720. The van der Waals surface area contributed by atoms with Crippen molar-refractivity contribution in [1.82, 2.24) is 9.47 Å². The van der Waals surface area contributed by atoms with Crippen molar-refractivity contribution >= 4 is 22.4 Å². The standard InChI is InChI=1S/C17H22ClN3O/c18-15-5-3-4-13-12-14(6-7-19)21(17(22)16(13)15)11-10-20-8-1-2-9-20/h3-5,12H,1-2,6-11,19H2. The van der Waals surface area contributed by atoms with Crippen LogP contribution in [0.4, 0.5) is 0 Å². The molecule has 0 saturated carbocycles. The molecule has 0 spiro atoms. The Hall–Kier alpha value is -1.36. The van der Waals surface area contributed by atoms with Gasteiger partial charge in [-0.2, -0.15) is 0 Å². The Morgan fingerprint density at radius 1 is 1.18 bits per heavy atom. The fourth-order valence-corrected chi connectivity index (χ4v) is 3.52. The van der Waals surface area contributed by atoms with E-state index in [4.69, 9.17) is 17.3 Å². The van der Waals surface area contributed by atoms with Gasteiger partial charge in [0.15, 0.2) is 0 Å². The molecule has 2 aromatic rings. The Kier molecular flexibility index (Phi) is 4.81. The summed E-state index contributed by atoms with van der Waals surface area (Å²) in [5.74, 6) is 0. The number of likely N-dealkylation sites (tertiary alicyclic amines) is 1. The average Bonchev–Trinajstić information content (AvgIpc) is 3.00. The first-order valence-electron chi connectivity index (χ1n) is 7.94. The molecular weight excluding hydrogens is 298 g/mol. The lowest BCUT2D eigenvalue weighted by molar-refractivity contribution is 0.319. The third kappa shape index (κ3) is 3.05. The van der Waals surface area contributed by atoms with E-state index < -0.39 is 0 Å². The maximum atomic E-state index is 12.9. The zero-order valence-corrected chi connectivity index (χ0v) is 13.5. The van der Waals surface area contributed by atoms with Crippen LogP contribution < -0.4 is 11.3 Å². The number of nitrogens with zero attached hydrogens (tertiary/aromatic N) is 2. The molecule has 2 heterocycles. The Balaban J connectivity index is 2.01. The van der Waals surface area contributed by atoms with Gasteiger partial charge in [-0.15, -0.1) is 0 Å². The van der Waals surface area contributed by atoms with Gasteiger partial charge >= 0.3 is 0 Å². The molecule has 0 atom stereocenters.